The molecule has 1 atom stereocenters. The molecule has 0 unspecified atom stereocenters. The van der Waals surface area contributed by atoms with Crippen LogP contribution in [-0.4, -0.2) is 13.2 Å². The van der Waals surface area contributed by atoms with Gasteiger partial charge in [0.15, 0.2) is 0 Å². The van der Waals surface area contributed by atoms with E-state index >= 15 is 0 Å². The van der Waals surface area contributed by atoms with Crippen LogP contribution in [0.3, 0.4) is 0 Å². The highest BCUT2D eigenvalue weighted by Crippen LogP contribution is 2.35. The predicted molar refractivity (Wildman–Crippen MR) is 106 cm³/mol. The summed E-state index contributed by atoms with van der Waals surface area (Å²) >= 11 is 0. The average molecular weight is 355 g/mol. The number of unbranched alkanes of at least 4 members (excludes halogenated alkanes) is 4. The van der Waals surface area contributed by atoms with Crippen LogP contribution < -0.4 is 10.1 Å². The van der Waals surface area contributed by atoms with Crippen LogP contribution in [0.25, 0.3) is 11.1 Å². The third-order valence-corrected chi connectivity index (χ3v) is 5.13. The minimum Gasteiger partial charge on any atom is -0.493 e. The van der Waals surface area contributed by atoms with Gasteiger partial charge in [0.1, 0.15) is 11.6 Å². The molecule has 0 aliphatic carbocycles. The molecule has 0 saturated carbocycles. The first-order valence-corrected chi connectivity index (χ1v) is 10.0. The van der Waals surface area contributed by atoms with E-state index in [0.29, 0.717) is 6.04 Å². The first-order chi connectivity index (χ1) is 12.8. The van der Waals surface area contributed by atoms with Crippen LogP contribution in [0, 0.1) is 5.82 Å². The quantitative estimate of drug-likeness (QED) is 0.564. The summed E-state index contributed by atoms with van der Waals surface area (Å²) in [5, 5.41) is 3.73. The van der Waals surface area contributed by atoms with E-state index in [-0.39, 0.29) is 5.82 Å². The zero-order chi connectivity index (χ0) is 18.2. The van der Waals surface area contributed by atoms with E-state index in [0.717, 1.165) is 42.9 Å². The average Bonchev–Trinajstić information content (AvgIpc) is 2.87. The second-order valence-electron chi connectivity index (χ2n) is 7.17. The lowest BCUT2D eigenvalue weighted by Gasteiger charge is -2.19. The van der Waals surface area contributed by atoms with Crippen molar-refractivity contribution in [2.24, 2.45) is 0 Å². The number of hydrogen-bond donors (Lipinski definition) is 1. The van der Waals surface area contributed by atoms with Gasteiger partial charge in [0.05, 0.1) is 6.61 Å². The van der Waals surface area contributed by atoms with Gasteiger partial charge in [-0.2, -0.15) is 0 Å². The molecule has 0 bridgehead atoms. The largest absolute Gasteiger partial charge is 0.493 e. The van der Waals surface area contributed by atoms with Crippen LogP contribution in [-0.2, 0) is 0 Å². The molecule has 0 saturated heterocycles. The molecule has 3 heteroatoms. The monoisotopic (exact) mass is 355 g/mol. The fourth-order valence-corrected chi connectivity index (χ4v) is 3.61. The Morgan fingerprint density at radius 3 is 2.58 bits per heavy atom. The zero-order valence-electron chi connectivity index (χ0n) is 15.8. The minimum atomic E-state index is -0.206. The van der Waals surface area contributed by atoms with Gasteiger partial charge in [-0.15, -0.1) is 0 Å². The Morgan fingerprint density at radius 1 is 1.00 bits per heavy atom. The Kier molecular flexibility index (Phi) is 7.07. The van der Waals surface area contributed by atoms with Crippen LogP contribution in [0.2, 0.25) is 0 Å². The van der Waals surface area contributed by atoms with Crippen LogP contribution in [0.15, 0.2) is 42.5 Å². The van der Waals surface area contributed by atoms with Crippen molar-refractivity contribution in [2.45, 2.75) is 57.9 Å². The summed E-state index contributed by atoms with van der Waals surface area (Å²) in [6.45, 7) is 4.07. The van der Waals surface area contributed by atoms with Crippen LogP contribution in [0.1, 0.15) is 63.5 Å². The molecule has 0 radical (unpaired) electrons. The molecule has 1 aliphatic rings. The third kappa shape index (κ3) is 5.07. The van der Waals surface area contributed by atoms with Crippen molar-refractivity contribution in [2.75, 3.05) is 13.2 Å². The van der Waals surface area contributed by atoms with Gasteiger partial charge in [0, 0.05) is 11.6 Å². The van der Waals surface area contributed by atoms with Crippen molar-refractivity contribution in [1.82, 2.24) is 5.32 Å². The molecule has 0 fully saturated rings. The van der Waals surface area contributed by atoms with Crippen molar-refractivity contribution in [3.05, 3.63) is 53.8 Å². The summed E-state index contributed by atoms with van der Waals surface area (Å²) in [5.74, 6) is 0.760. The smallest absolute Gasteiger partial charge is 0.124 e. The number of benzene rings is 2. The maximum Gasteiger partial charge on any atom is 0.124 e. The fourth-order valence-electron chi connectivity index (χ4n) is 3.61. The summed E-state index contributed by atoms with van der Waals surface area (Å²) in [5.41, 5.74) is 3.34. The normalized spacial score (nSPS) is 16.6. The van der Waals surface area contributed by atoms with E-state index in [1.54, 1.807) is 0 Å². The second-order valence-corrected chi connectivity index (χ2v) is 7.17. The molecule has 2 nitrogen and oxygen atoms in total. The molecule has 2 aromatic carbocycles. The number of hydrogen-bond acceptors (Lipinski definition) is 2. The lowest BCUT2D eigenvalue weighted by molar-refractivity contribution is 0.315. The Morgan fingerprint density at radius 2 is 1.77 bits per heavy atom. The topological polar surface area (TPSA) is 21.3 Å². The second kappa shape index (κ2) is 9.72. The molecule has 1 N–H and O–H groups in total. The molecular weight excluding hydrogens is 325 g/mol. The Balaban J connectivity index is 1.67. The number of ether oxygens (including phenoxy) is 1. The SMILES string of the molecule is CCCCCCCN[C@@H]1CCCOc2cc(-c3ccc(F)cc3)ccc21. The molecule has 0 amide bonds. The van der Waals surface area contributed by atoms with Gasteiger partial charge in [0.25, 0.3) is 0 Å². The summed E-state index contributed by atoms with van der Waals surface area (Å²) < 4.78 is 19.2. The Hall–Kier alpha value is -1.87. The molecule has 0 aromatic heterocycles. The number of nitrogens with one attached hydrogen (secondary N) is 1. The molecule has 26 heavy (non-hydrogen) atoms. The lowest BCUT2D eigenvalue weighted by Crippen LogP contribution is -2.22. The number of rotatable bonds is 8. The van der Waals surface area contributed by atoms with E-state index in [1.807, 2.05) is 12.1 Å². The minimum absolute atomic E-state index is 0.206. The first-order valence-electron chi connectivity index (χ1n) is 10.0. The first kappa shape index (κ1) is 18.9. The van der Waals surface area contributed by atoms with Crippen molar-refractivity contribution in [3.63, 3.8) is 0 Å². The van der Waals surface area contributed by atoms with Crippen molar-refractivity contribution >= 4 is 0 Å². The highest BCUT2D eigenvalue weighted by molar-refractivity contribution is 5.66. The van der Waals surface area contributed by atoms with Crippen LogP contribution >= 0.6 is 0 Å². The van der Waals surface area contributed by atoms with Gasteiger partial charge < -0.3 is 10.1 Å². The molecule has 2 aromatic rings. The van der Waals surface area contributed by atoms with E-state index < -0.39 is 0 Å². The predicted octanol–water partition coefficient (Wildman–Crippen LogP) is 6.27. The van der Waals surface area contributed by atoms with Crippen molar-refractivity contribution < 1.29 is 9.13 Å². The molecular formula is C23H30FNO. The third-order valence-electron chi connectivity index (χ3n) is 5.13. The summed E-state index contributed by atoms with van der Waals surface area (Å²) in [7, 11) is 0. The highest BCUT2D eigenvalue weighted by atomic mass is 19.1. The van der Waals surface area contributed by atoms with Crippen LogP contribution in [0.5, 0.6) is 5.75 Å². The zero-order valence-corrected chi connectivity index (χ0v) is 15.8. The fraction of sp³-hybridized carbons (Fsp3) is 0.478. The van der Waals surface area contributed by atoms with Gasteiger partial charge in [-0.3, -0.25) is 0 Å². The maximum atomic E-state index is 13.2. The van der Waals surface area contributed by atoms with Gasteiger partial charge in [-0.05, 0) is 55.1 Å². The van der Waals surface area contributed by atoms with E-state index in [2.05, 4.69) is 30.4 Å². The molecule has 3 rings (SSSR count). The maximum absolute atomic E-state index is 13.2. The Labute approximate surface area is 156 Å². The summed E-state index contributed by atoms with van der Waals surface area (Å²) in [4.78, 5) is 0. The Bertz CT molecular complexity index is 683. The highest BCUT2D eigenvalue weighted by Gasteiger charge is 2.19. The van der Waals surface area contributed by atoms with Gasteiger partial charge in [-0.1, -0.05) is 56.9 Å². The summed E-state index contributed by atoms with van der Waals surface area (Å²) in [6.07, 6.45) is 8.68. The van der Waals surface area contributed by atoms with Gasteiger partial charge >= 0.3 is 0 Å². The molecule has 1 aliphatic heterocycles. The molecule has 0 spiro atoms. The van der Waals surface area contributed by atoms with Gasteiger partial charge in [0.2, 0.25) is 0 Å². The van der Waals surface area contributed by atoms with Crippen molar-refractivity contribution in [3.8, 4) is 16.9 Å². The van der Waals surface area contributed by atoms with Crippen molar-refractivity contribution in [1.29, 1.82) is 0 Å². The number of fused-ring (bicyclic) bond motifs is 1. The van der Waals surface area contributed by atoms with E-state index in [4.69, 9.17) is 4.74 Å². The molecule has 140 valence electrons. The van der Waals surface area contributed by atoms with E-state index in [1.165, 1.54) is 49.8 Å². The molecule has 1 heterocycles. The standard InChI is InChI=1S/C23H30FNO/c1-2-3-4-5-6-15-25-22-8-7-16-26-23-17-19(11-14-21(22)23)18-9-12-20(24)13-10-18/h9-14,17,22,25H,2-8,15-16H2,1H3/t22-/m1/s1. The van der Waals surface area contributed by atoms with Crippen LogP contribution in [0.4, 0.5) is 4.39 Å². The summed E-state index contributed by atoms with van der Waals surface area (Å²) in [6, 6.07) is 13.4. The van der Waals surface area contributed by atoms with E-state index in [9.17, 15) is 4.39 Å². The lowest BCUT2D eigenvalue weighted by atomic mass is 9.97. The number of halogens is 1. The van der Waals surface area contributed by atoms with Gasteiger partial charge in [-0.25, -0.2) is 4.39 Å².